The van der Waals surface area contributed by atoms with Gasteiger partial charge in [-0.2, -0.15) is 0 Å². The first-order chi connectivity index (χ1) is 9.60. The van der Waals surface area contributed by atoms with Gasteiger partial charge in [0.25, 0.3) is 0 Å². The number of ether oxygens (including phenoxy) is 1. The number of benzene rings is 1. The molecule has 2 amide bonds. The molecule has 1 aromatic rings. The van der Waals surface area contributed by atoms with Gasteiger partial charge in [0.2, 0.25) is 0 Å². The fourth-order valence-electron chi connectivity index (χ4n) is 1.86. The van der Waals surface area contributed by atoms with Crippen molar-refractivity contribution in [2.75, 3.05) is 24.2 Å². The summed E-state index contributed by atoms with van der Waals surface area (Å²) in [4.78, 5) is 25.2. The van der Waals surface area contributed by atoms with Crippen LogP contribution >= 0.6 is 0 Å². The summed E-state index contributed by atoms with van der Waals surface area (Å²) in [5.41, 5.74) is 6.87. The second-order valence-corrected chi connectivity index (χ2v) is 4.72. The molecule has 20 heavy (non-hydrogen) atoms. The molecular weight excluding hydrogens is 258 g/mol. The van der Waals surface area contributed by atoms with Crippen LogP contribution in [-0.2, 0) is 9.53 Å². The highest BCUT2D eigenvalue weighted by atomic mass is 16.5. The van der Waals surface area contributed by atoms with Crippen molar-refractivity contribution < 1.29 is 14.3 Å². The van der Waals surface area contributed by atoms with Gasteiger partial charge in [0, 0.05) is 17.4 Å². The molecule has 1 aliphatic carbocycles. The van der Waals surface area contributed by atoms with Crippen molar-refractivity contribution in [3.8, 4) is 0 Å². The average molecular weight is 277 g/mol. The normalized spacial score (nSPS) is 13.7. The van der Waals surface area contributed by atoms with E-state index >= 15 is 0 Å². The monoisotopic (exact) mass is 277 g/mol. The van der Waals surface area contributed by atoms with E-state index in [4.69, 9.17) is 10.5 Å². The maximum absolute atomic E-state index is 12.2. The molecule has 1 saturated carbocycles. The molecule has 0 bridgehead atoms. The van der Waals surface area contributed by atoms with Crippen molar-refractivity contribution >= 4 is 23.4 Å². The lowest BCUT2D eigenvalue weighted by Gasteiger charge is -2.21. The van der Waals surface area contributed by atoms with Gasteiger partial charge in [0.15, 0.2) is 0 Å². The molecular formula is C14H19N3O3. The average Bonchev–Trinajstić information content (AvgIpc) is 3.23. The summed E-state index contributed by atoms with van der Waals surface area (Å²) >= 11 is 0. The van der Waals surface area contributed by atoms with Crippen molar-refractivity contribution in [1.29, 1.82) is 0 Å². The van der Waals surface area contributed by atoms with Gasteiger partial charge in [0.05, 0.1) is 6.61 Å². The summed E-state index contributed by atoms with van der Waals surface area (Å²) in [6, 6.07) is 6.72. The number of esters is 1. The van der Waals surface area contributed by atoms with Crippen LogP contribution in [0.3, 0.4) is 0 Å². The smallest absolute Gasteiger partial charge is 0.325 e. The van der Waals surface area contributed by atoms with Gasteiger partial charge in [-0.1, -0.05) is 0 Å². The lowest BCUT2D eigenvalue weighted by atomic mass is 10.3. The van der Waals surface area contributed by atoms with E-state index in [1.807, 2.05) is 0 Å². The molecule has 3 N–H and O–H groups in total. The highest BCUT2D eigenvalue weighted by Crippen LogP contribution is 2.27. The Morgan fingerprint density at radius 3 is 2.55 bits per heavy atom. The third kappa shape index (κ3) is 3.88. The summed E-state index contributed by atoms with van der Waals surface area (Å²) in [6.07, 6.45) is 1.85. The number of nitrogens with one attached hydrogen (secondary N) is 1. The molecule has 0 heterocycles. The van der Waals surface area contributed by atoms with Gasteiger partial charge in [-0.15, -0.1) is 0 Å². The van der Waals surface area contributed by atoms with Gasteiger partial charge in [-0.05, 0) is 44.0 Å². The second kappa shape index (κ2) is 6.27. The minimum absolute atomic E-state index is 0.0146. The number of hydrogen-bond acceptors (Lipinski definition) is 4. The molecule has 6 heteroatoms. The summed E-state index contributed by atoms with van der Waals surface area (Å²) in [5, 5.41) is 2.76. The lowest BCUT2D eigenvalue weighted by Crippen LogP contribution is -2.40. The van der Waals surface area contributed by atoms with Crippen LogP contribution in [-0.4, -0.2) is 36.1 Å². The molecule has 0 saturated heterocycles. The number of carbonyl (C=O) groups excluding carboxylic acids is 2. The Balaban J connectivity index is 1.96. The van der Waals surface area contributed by atoms with Gasteiger partial charge in [-0.25, -0.2) is 4.79 Å². The molecule has 0 aromatic heterocycles. The van der Waals surface area contributed by atoms with Crippen LogP contribution in [0.2, 0.25) is 0 Å². The fourth-order valence-corrected chi connectivity index (χ4v) is 1.86. The van der Waals surface area contributed by atoms with Crippen LogP contribution in [0, 0.1) is 0 Å². The maximum Gasteiger partial charge on any atom is 0.325 e. The first kappa shape index (κ1) is 14.2. The van der Waals surface area contributed by atoms with E-state index in [2.05, 4.69) is 5.32 Å². The highest BCUT2D eigenvalue weighted by Gasteiger charge is 2.34. The number of hydrogen-bond donors (Lipinski definition) is 2. The van der Waals surface area contributed by atoms with Crippen LogP contribution in [0.4, 0.5) is 16.2 Å². The molecule has 2 rings (SSSR count). The van der Waals surface area contributed by atoms with Crippen molar-refractivity contribution in [1.82, 2.24) is 4.90 Å². The predicted octanol–water partition coefficient (Wildman–Crippen LogP) is 1.83. The van der Waals surface area contributed by atoms with E-state index in [0.717, 1.165) is 12.8 Å². The van der Waals surface area contributed by atoms with Crippen molar-refractivity contribution in [3.63, 3.8) is 0 Å². The van der Waals surface area contributed by atoms with Gasteiger partial charge >= 0.3 is 12.0 Å². The largest absolute Gasteiger partial charge is 0.465 e. The Morgan fingerprint density at radius 2 is 2.00 bits per heavy atom. The number of nitrogens with two attached hydrogens (primary N) is 1. The number of nitrogens with zero attached hydrogens (tertiary/aromatic N) is 1. The van der Waals surface area contributed by atoms with E-state index in [9.17, 15) is 9.59 Å². The summed E-state index contributed by atoms with van der Waals surface area (Å²) in [7, 11) is 0. The number of anilines is 2. The standard InChI is InChI=1S/C14H19N3O3/c1-2-20-13(18)9-17(12-7-8-12)14(19)16-11-5-3-10(15)4-6-11/h3-6,12H,2,7-9,15H2,1H3,(H,16,19). The van der Waals surface area contributed by atoms with Gasteiger partial charge < -0.3 is 20.7 Å². The fraction of sp³-hybridized carbons (Fsp3) is 0.429. The number of amides is 2. The molecule has 108 valence electrons. The van der Waals surface area contributed by atoms with Crippen LogP contribution in [0.15, 0.2) is 24.3 Å². The minimum Gasteiger partial charge on any atom is -0.465 e. The summed E-state index contributed by atoms with van der Waals surface area (Å²) in [6.45, 7) is 2.05. The van der Waals surface area contributed by atoms with Crippen LogP contribution in [0.1, 0.15) is 19.8 Å². The van der Waals surface area contributed by atoms with E-state index in [-0.39, 0.29) is 24.6 Å². The SMILES string of the molecule is CCOC(=O)CN(C(=O)Nc1ccc(N)cc1)C1CC1. The first-order valence-electron chi connectivity index (χ1n) is 6.69. The minimum atomic E-state index is -0.383. The van der Waals surface area contributed by atoms with Gasteiger partial charge in [-0.3, -0.25) is 4.79 Å². The number of urea groups is 1. The third-order valence-corrected chi connectivity index (χ3v) is 3.02. The second-order valence-electron chi connectivity index (χ2n) is 4.72. The summed E-state index contributed by atoms with van der Waals surface area (Å²) in [5.74, 6) is -0.383. The zero-order valence-electron chi connectivity index (χ0n) is 11.5. The topological polar surface area (TPSA) is 84.7 Å². The Bertz CT molecular complexity index is 483. The molecule has 0 radical (unpaired) electrons. The van der Waals surface area contributed by atoms with Crippen LogP contribution in [0.5, 0.6) is 0 Å². The van der Waals surface area contributed by atoms with E-state index < -0.39 is 0 Å². The first-order valence-corrected chi connectivity index (χ1v) is 6.69. The molecule has 0 spiro atoms. The number of nitrogen functional groups attached to an aromatic ring is 1. The van der Waals surface area contributed by atoms with Crippen molar-refractivity contribution in [2.45, 2.75) is 25.8 Å². The van der Waals surface area contributed by atoms with Crippen LogP contribution < -0.4 is 11.1 Å². The highest BCUT2D eigenvalue weighted by molar-refractivity contribution is 5.92. The zero-order chi connectivity index (χ0) is 14.5. The van der Waals surface area contributed by atoms with Crippen molar-refractivity contribution in [3.05, 3.63) is 24.3 Å². The van der Waals surface area contributed by atoms with Crippen molar-refractivity contribution in [2.24, 2.45) is 0 Å². The van der Waals surface area contributed by atoms with E-state index in [0.29, 0.717) is 18.0 Å². The molecule has 0 unspecified atom stereocenters. The molecule has 1 fully saturated rings. The molecule has 0 atom stereocenters. The molecule has 0 aliphatic heterocycles. The molecule has 1 aliphatic rings. The Kier molecular flexibility index (Phi) is 4.45. The van der Waals surface area contributed by atoms with Crippen LogP contribution in [0.25, 0.3) is 0 Å². The predicted molar refractivity (Wildman–Crippen MR) is 76.2 cm³/mol. The maximum atomic E-state index is 12.2. The zero-order valence-corrected chi connectivity index (χ0v) is 11.5. The van der Waals surface area contributed by atoms with E-state index in [1.165, 1.54) is 4.90 Å². The molecule has 6 nitrogen and oxygen atoms in total. The Labute approximate surface area is 117 Å². The third-order valence-electron chi connectivity index (χ3n) is 3.02. The van der Waals surface area contributed by atoms with Gasteiger partial charge in [0.1, 0.15) is 6.54 Å². The quantitative estimate of drug-likeness (QED) is 0.635. The van der Waals surface area contributed by atoms with E-state index in [1.54, 1.807) is 31.2 Å². The lowest BCUT2D eigenvalue weighted by molar-refractivity contribution is -0.143. The number of carbonyl (C=O) groups is 2. The Morgan fingerprint density at radius 1 is 1.35 bits per heavy atom. The summed E-state index contributed by atoms with van der Waals surface area (Å²) < 4.78 is 4.89. The number of rotatable bonds is 5. The Hall–Kier alpha value is -2.24. The molecule has 1 aromatic carbocycles.